The number of amides is 1. The molecule has 0 fully saturated rings. The van der Waals surface area contributed by atoms with Gasteiger partial charge in [0.15, 0.2) is 0 Å². The highest BCUT2D eigenvalue weighted by molar-refractivity contribution is 6.30. The van der Waals surface area contributed by atoms with Gasteiger partial charge in [-0.1, -0.05) is 49.7 Å². The molecule has 0 atom stereocenters. The number of carbonyl (C=O) groups excluding carboxylic acids is 2. The molecule has 1 aliphatic rings. The number of anilines is 1. The highest BCUT2D eigenvalue weighted by Gasteiger charge is 2.37. The Morgan fingerprint density at radius 1 is 1.14 bits per heavy atom. The molecular formula is C23H22ClNO3. The zero-order valence-corrected chi connectivity index (χ0v) is 17.1. The number of hydrogen-bond acceptors (Lipinski definition) is 3. The van der Waals surface area contributed by atoms with Crippen LogP contribution in [0.5, 0.6) is 0 Å². The number of benzene rings is 2. The molecule has 144 valence electrons. The monoisotopic (exact) mass is 395 g/mol. The molecule has 1 amide bonds. The van der Waals surface area contributed by atoms with Crippen LogP contribution in [0.4, 0.5) is 5.69 Å². The molecule has 0 aromatic heterocycles. The lowest BCUT2D eigenvalue weighted by molar-refractivity contribution is -0.136. The number of rotatable bonds is 4. The molecule has 0 spiro atoms. The molecule has 5 heteroatoms. The Balaban J connectivity index is 2.09. The summed E-state index contributed by atoms with van der Waals surface area (Å²) in [6.45, 7) is 5.98. The van der Waals surface area contributed by atoms with Crippen LogP contribution in [0.1, 0.15) is 37.8 Å². The van der Waals surface area contributed by atoms with Gasteiger partial charge in [-0.05, 0) is 54.3 Å². The predicted octanol–water partition coefficient (Wildman–Crippen LogP) is 5.34. The van der Waals surface area contributed by atoms with E-state index in [1.165, 1.54) is 12.7 Å². The van der Waals surface area contributed by atoms with Crippen LogP contribution in [0.3, 0.4) is 0 Å². The quantitative estimate of drug-likeness (QED) is 0.518. The van der Waals surface area contributed by atoms with Crippen molar-refractivity contribution in [1.29, 1.82) is 0 Å². The molecule has 2 aromatic rings. The maximum atomic E-state index is 13.2. The first-order valence-electron chi connectivity index (χ1n) is 9.04. The zero-order valence-electron chi connectivity index (χ0n) is 16.3. The molecule has 3 rings (SSSR count). The van der Waals surface area contributed by atoms with Crippen LogP contribution < -0.4 is 4.90 Å². The van der Waals surface area contributed by atoms with Crippen LogP contribution in [0.25, 0.3) is 6.08 Å². The topological polar surface area (TPSA) is 46.6 Å². The molecule has 4 nitrogen and oxygen atoms in total. The fourth-order valence-corrected chi connectivity index (χ4v) is 3.46. The third-order valence-corrected chi connectivity index (χ3v) is 5.00. The van der Waals surface area contributed by atoms with Gasteiger partial charge in [0.25, 0.3) is 5.91 Å². The van der Waals surface area contributed by atoms with Crippen molar-refractivity contribution in [2.45, 2.75) is 26.7 Å². The van der Waals surface area contributed by atoms with Crippen molar-refractivity contribution in [1.82, 2.24) is 0 Å². The number of allylic oxidation sites excluding steroid dienone is 1. The summed E-state index contributed by atoms with van der Waals surface area (Å²) in [6, 6.07) is 14.9. The van der Waals surface area contributed by atoms with Gasteiger partial charge in [0.2, 0.25) is 0 Å². The minimum Gasteiger partial charge on any atom is -0.465 e. The van der Waals surface area contributed by atoms with Crippen molar-refractivity contribution in [3.05, 3.63) is 81.5 Å². The van der Waals surface area contributed by atoms with Crippen LogP contribution in [-0.2, 0) is 14.3 Å². The molecule has 0 saturated heterocycles. The molecule has 1 aliphatic heterocycles. The van der Waals surface area contributed by atoms with E-state index in [1.54, 1.807) is 36.1 Å². The Labute approximate surface area is 170 Å². The second kappa shape index (κ2) is 8.03. The van der Waals surface area contributed by atoms with Gasteiger partial charge in [0.1, 0.15) is 0 Å². The summed E-state index contributed by atoms with van der Waals surface area (Å²) in [6.07, 6.45) is 1.67. The minimum atomic E-state index is -0.541. The number of hydrogen-bond donors (Lipinski definition) is 0. The first-order chi connectivity index (χ1) is 13.3. The minimum absolute atomic E-state index is 0.264. The van der Waals surface area contributed by atoms with Gasteiger partial charge in [-0.2, -0.15) is 0 Å². The van der Waals surface area contributed by atoms with Gasteiger partial charge in [0, 0.05) is 16.4 Å². The molecule has 2 aromatic carbocycles. The van der Waals surface area contributed by atoms with E-state index >= 15 is 0 Å². The third kappa shape index (κ3) is 3.73. The first-order valence-corrected chi connectivity index (χ1v) is 9.42. The lowest BCUT2D eigenvalue weighted by atomic mass is 10.0. The Kier molecular flexibility index (Phi) is 5.71. The van der Waals surface area contributed by atoms with Crippen molar-refractivity contribution in [2.75, 3.05) is 12.0 Å². The number of methoxy groups -OCH3 is 1. The van der Waals surface area contributed by atoms with Gasteiger partial charge in [-0.3, -0.25) is 9.69 Å². The van der Waals surface area contributed by atoms with Crippen molar-refractivity contribution >= 4 is 35.2 Å². The summed E-state index contributed by atoms with van der Waals surface area (Å²) in [5.74, 6) is -0.417. The highest BCUT2D eigenvalue weighted by atomic mass is 35.5. The highest BCUT2D eigenvalue weighted by Crippen LogP contribution is 2.36. The smallest absolute Gasteiger partial charge is 0.340 e. The fourth-order valence-electron chi connectivity index (χ4n) is 3.26. The lowest BCUT2D eigenvalue weighted by Crippen LogP contribution is -2.24. The van der Waals surface area contributed by atoms with E-state index < -0.39 is 5.97 Å². The van der Waals surface area contributed by atoms with E-state index in [9.17, 15) is 9.59 Å². The molecule has 0 aliphatic carbocycles. The van der Waals surface area contributed by atoms with Crippen molar-refractivity contribution in [3.8, 4) is 0 Å². The summed E-state index contributed by atoms with van der Waals surface area (Å²) >= 11 is 6.06. The Hall–Kier alpha value is -2.85. The summed E-state index contributed by atoms with van der Waals surface area (Å²) in [5.41, 5.74) is 3.73. The summed E-state index contributed by atoms with van der Waals surface area (Å²) in [7, 11) is 1.31. The Morgan fingerprint density at radius 2 is 1.82 bits per heavy atom. The van der Waals surface area contributed by atoms with Gasteiger partial charge in [-0.15, -0.1) is 0 Å². The number of carbonyl (C=O) groups is 2. The molecular weight excluding hydrogens is 374 g/mol. The average Bonchev–Trinajstić information content (AvgIpc) is 2.91. The van der Waals surface area contributed by atoms with E-state index in [4.69, 9.17) is 16.3 Å². The van der Waals surface area contributed by atoms with Gasteiger partial charge >= 0.3 is 5.97 Å². The average molecular weight is 396 g/mol. The molecule has 0 saturated carbocycles. The third-order valence-electron chi connectivity index (χ3n) is 4.77. The van der Waals surface area contributed by atoms with E-state index in [1.807, 2.05) is 30.3 Å². The fraction of sp³-hybridized carbons (Fsp3) is 0.217. The normalized spacial score (nSPS) is 15.7. The molecule has 0 radical (unpaired) electrons. The van der Waals surface area contributed by atoms with E-state index in [0.717, 1.165) is 5.56 Å². The molecule has 1 heterocycles. The van der Waals surface area contributed by atoms with Crippen molar-refractivity contribution in [2.24, 2.45) is 0 Å². The van der Waals surface area contributed by atoms with E-state index in [-0.39, 0.29) is 11.5 Å². The van der Waals surface area contributed by atoms with Gasteiger partial charge in [0.05, 0.1) is 18.3 Å². The number of ether oxygens (including phenoxy) is 1. The van der Waals surface area contributed by atoms with Crippen LogP contribution in [0.2, 0.25) is 5.02 Å². The van der Waals surface area contributed by atoms with Crippen LogP contribution in [0, 0.1) is 0 Å². The summed E-state index contributed by atoms with van der Waals surface area (Å²) in [5, 5.41) is 0.557. The van der Waals surface area contributed by atoms with Crippen LogP contribution in [0.15, 0.2) is 65.4 Å². The largest absolute Gasteiger partial charge is 0.465 e. The summed E-state index contributed by atoms with van der Waals surface area (Å²) in [4.78, 5) is 27.2. The Bertz CT molecular complexity index is 987. The second-order valence-corrected chi connectivity index (χ2v) is 7.39. The summed E-state index contributed by atoms with van der Waals surface area (Å²) < 4.78 is 4.94. The Morgan fingerprint density at radius 3 is 2.39 bits per heavy atom. The predicted molar refractivity (Wildman–Crippen MR) is 112 cm³/mol. The zero-order chi connectivity index (χ0) is 20.4. The SMILES string of the molecule is COC(=O)C1=C(C)N(c2ccc(C(C)C)cc2)C(=O)C1=Cc1cccc(Cl)c1. The number of halogens is 1. The maximum Gasteiger partial charge on any atom is 0.340 e. The number of nitrogens with zero attached hydrogens (tertiary/aromatic N) is 1. The first kappa shape index (κ1) is 19.9. The number of esters is 1. The van der Waals surface area contributed by atoms with Gasteiger partial charge in [-0.25, -0.2) is 4.79 Å². The van der Waals surface area contributed by atoms with Crippen molar-refractivity contribution < 1.29 is 14.3 Å². The van der Waals surface area contributed by atoms with Crippen LogP contribution in [-0.4, -0.2) is 19.0 Å². The van der Waals surface area contributed by atoms with Crippen molar-refractivity contribution in [3.63, 3.8) is 0 Å². The molecule has 0 bridgehead atoms. The standard InChI is InChI=1S/C23H22ClNO3/c1-14(2)17-8-10-19(11-9-17)25-15(3)21(23(27)28-4)20(22(25)26)13-16-6-5-7-18(24)12-16/h5-14H,1-4H3. The molecule has 0 N–H and O–H groups in total. The maximum absolute atomic E-state index is 13.2. The lowest BCUT2D eigenvalue weighted by Gasteiger charge is -2.19. The van der Waals surface area contributed by atoms with Crippen LogP contribution >= 0.6 is 11.6 Å². The van der Waals surface area contributed by atoms with Gasteiger partial charge < -0.3 is 4.74 Å². The van der Waals surface area contributed by atoms with E-state index in [0.29, 0.717) is 27.9 Å². The van der Waals surface area contributed by atoms with E-state index in [2.05, 4.69) is 13.8 Å². The second-order valence-electron chi connectivity index (χ2n) is 6.95. The molecule has 28 heavy (non-hydrogen) atoms. The molecule has 0 unspecified atom stereocenters.